The molecule has 0 bridgehead atoms. The van der Waals surface area contributed by atoms with Crippen molar-refractivity contribution in [1.29, 1.82) is 0 Å². The SMILES string of the molecule is Cc1nnsc1CNCCO. The molecule has 1 aromatic rings. The van der Waals surface area contributed by atoms with E-state index in [2.05, 4.69) is 14.9 Å². The molecular weight excluding hydrogens is 162 g/mol. The molecule has 1 heterocycles. The van der Waals surface area contributed by atoms with Gasteiger partial charge in [-0.15, -0.1) is 5.10 Å². The van der Waals surface area contributed by atoms with E-state index in [0.29, 0.717) is 6.54 Å². The van der Waals surface area contributed by atoms with E-state index in [-0.39, 0.29) is 6.61 Å². The Morgan fingerprint density at radius 2 is 2.45 bits per heavy atom. The first-order valence-corrected chi connectivity index (χ1v) is 4.21. The molecule has 4 nitrogen and oxygen atoms in total. The van der Waals surface area contributed by atoms with Gasteiger partial charge in [0.1, 0.15) is 0 Å². The number of rotatable bonds is 4. The highest BCUT2D eigenvalue weighted by molar-refractivity contribution is 7.05. The average molecular weight is 173 g/mol. The molecule has 62 valence electrons. The molecule has 0 fully saturated rings. The third kappa shape index (κ3) is 2.53. The summed E-state index contributed by atoms with van der Waals surface area (Å²) < 4.78 is 3.79. The van der Waals surface area contributed by atoms with Gasteiger partial charge < -0.3 is 10.4 Å². The summed E-state index contributed by atoms with van der Waals surface area (Å²) >= 11 is 1.39. The minimum atomic E-state index is 0.172. The van der Waals surface area contributed by atoms with Crippen molar-refractivity contribution in [2.45, 2.75) is 13.5 Å². The van der Waals surface area contributed by atoms with Crippen LogP contribution in [0.2, 0.25) is 0 Å². The van der Waals surface area contributed by atoms with Gasteiger partial charge in [0, 0.05) is 13.1 Å². The van der Waals surface area contributed by atoms with E-state index in [0.717, 1.165) is 17.1 Å². The summed E-state index contributed by atoms with van der Waals surface area (Å²) in [4.78, 5) is 1.14. The maximum absolute atomic E-state index is 8.47. The molecule has 0 spiro atoms. The summed E-state index contributed by atoms with van der Waals surface area (Å²) in [5, 5.41) is 15.4. The Morgan fingerprint density at radius 1 is 1.64 bits per heavy atom. The Morgan fingerprint density at radius 3 is 3.00 bits per heavy atom. The van der Waals surface area contributed by atoms with Crippen molar-refractivity contribution in [3.63, 3.8) is 0 Å². The van der Waals surface area contributed by atoms with Gasteiger partial charge in [0.05, 0.1) is 17.2 Å². The van der Waals surface area contributed by atoms with Crippen molar-refractivity contribution < 1.29 is 5.11 Å². The van der Waals surface area contributed by atoms with Gasteiger partial charge in [-0.1, -0.05) is 4.49 Å². The molecule has 5 heteroatoms. The van der Waals surface area contributed by atoms with Gasteiger partial charge in [-0.05, 0) is 18.5 Å². The second kappa shape index (κ2) is 4.38. The zero-order valence-electron chi connectivity index (χ0n) is 6.37. The number of aromatic nitrogens is 2. The summed E-state index contributed by atoms with van der Waals surface area (Å²) in [5.41, 5.74) is 0.973. The molecule has 0 aliphatic heterocycles. The lowest BCUT2D eigenvalue weighted by molar-refractivity contribution is 0.292. The molecule has 0 aliphatic rings. The quantitative estimate of drug-likeness (QED) is 0.626. The second-order valence-corrected chi connectivity index (χ2v) is 3.02. The van der Waals surface area contributed by atoms with Gasteiger partial charge in [0.25, 0.3) is 0 Å². The van der Waals surface area contributed by atoms with Crippen molar-refractivity contribution in [1.82, 2.24) is 14.9 Å². The van der Waals surface area contributed by atoms with Gasteiger partial charge in [-0.3, -0.25) is 0 Å². The number of hydrogen-bond donors (Lipinski definition) is 2. The number of nitrogens with zero attached hydrogens (tertiary/aromatic N) is 2. The number of nitrogens with one attached hydrogen (secondary N) is 1. The summed E-state index contributed by atoms with van der Waals surface area (Å²) in [7, 11) is 0. The monoisotopic (exact) mass is 173 g/mol. The molecule has 0 radical (unpaired) electrons. The van der Waals surface area contributed by atoms with Crippen LogP contribution in [-0.2, 0) is 6.54 Å². The van der Waals surface area contributed by atoms with E-state index in [1.807, 2.05) is 6.92 Å². The minimum absolute atomic E-state index is 0.172. The predicted molar refractivity (Wildman–Crippen MR) is 43.4 cm³/mol. The Bertz CT molecular complexity index is 213. The lowest BCUT2D eigenvalue weighted by atomic mass is 10.4. The molecule has 11 heavy (non-hydrogen) atoms. The molecule has 0 unspecified atom stereocenters. The Hall–Kier alpha value is -0.520. The number of aliphatic hydroxyl groups excluding tert-OH is 1. The average Bonchev–Trinajstić information content (AvgIpc) is 2.37. The Labute approximate surface area is 69.4 Å². The lowest BCUT2D eigenvalue weighted by Crippen LogP contribution is -2.17. The Balaban J connectivity index is 2.32. The first-order chi connectivity index (χ1) is 5.34. The second-order valence-electron chi connectivity index (χ2n) is 2.18. The molecular formula is C6H11N3OS. The summed E-state index contributed by atoms with van der Waals surface area (Å²) in [5.74, 6) is 0. The third-order valence-corrected chi connectivity index (χ3v) is 2.14. The topological polar surface area (TPSA) is 58.0 Å². The van der Waals surface area contributed by atoms with Crippen molar-refractivity contribution in [3.8, 4) is 0 Å². The Kier molecular flexibility index (Phi) is 3.41. The standard InChI is InChI=1S/C6H11N3OS/c1-5-6(11-9-8-5)4-7-2-3-10/h7,10H,2-4H2,1H3. The smallest absolute Gasteiger partial charge is 0.0769 e. The maximum atomic E-state index is 8.47. The van der Waals surface area contributed by atoms with Crippen LogP contribution in [0.15, 0.2) is 0 Å². The van der Waals surface area contributed by atoms with E-state index in [1.165, 1.54) is 11.5 Å². The number of aliphatic hydroxyl groups is 1. The lowest BCUT2D eigenvalue weighted by Gasteiger charge is -1.98. The molecule has 1 rings (SSSR count). The van der Waals surface area contributed by atoms with E-state index >= 15 is 0 Å². The number of aryl methyl sites for hydroxylation is 1. The highest BCUT2D eigenvalue weighted by Crippen LogP contribution is 2.07. The van der Waals surface area contributed by atoms with E-state index in [1.54, 1.807) is 0 Å². The zero-order chi connectivity index (χ0) is 8.10. The molecule has 1 aromatic heterocycles. The molecule has 0 atom stereocenters. The third-order valence-electron chi connectivity index (χ3n) is 1.32. The van der Waals surface area contributed by atoms with Crippen molar-refractivity contribution in [3.05, 3.63) is 10.6 Å². The predicted octanol–water partition coefficient (Wildman–Crippen LogP) is -0.0716. The van der Waals surface area contributed by atoms with E-state index in [4.69, 9.17) is 5.11 Å². The summed E-state index contributed by atoms with van der Waals surface area (Å²) in [6.45, 7) is 3.48. The van der Waals surface area contributed by atoms with Crippen LogP contribution in [-0.4, -0.2) is 27.8 Å². The fraction of sp³-hybridized carbons (Fsp3) is 0.667. The van der Waals surface area contributed by atoms with Crippen LogP contribution in [0, 0.1) is 6.92 Å². The number of hydrogen-bond acceptors (Lipinski definition) is 5. The fourth-order valence-electron chi connectivity index (χ4n) is 0.694. The van der Waals surface area contributed by atoms with Gasteiger partial charge >= 0.3 is 0 Å². The van der Waals surface area contributed by atoms with Gasteiger partial charge in [-0.2, -0.15) is 0 Å². The van der Waals surface area contributed by atoms with Crippen LogP contribution in [0.3, 0.4) is 0 Å². The largest absolute Gasteiger partial charge is 0.395 e. The molecule has 0 saturated carbocycles. The molecule has 0 aromatic carbocycles. The first-order valence-electron chi connectivity index (χ1n) is 3.44. The molecule has 0 saturated heterocycles. The summed E-state index contributed by atoms with van der Waals surface area (Å²) in [6.07, 6.45) is 0. The van der Waals surface area contributed by atoms with E-state index in [9.17, 15) is 0 Å². The van der Waals surface area contributed by atoms with E-state index < -0.39 is 0 Å². The van der Waals surface area contributed by atoms with Crippen LogP contribution in [0.1, 0.15) is 10.6 Å². The van der Waals surface area contributed by atoms with Crippen molar-refractivity contribution >= 4 is 11.5 Å². The minimum Gasteiger partial charge on any atom is -0.395 e. The molecule has 2 N–H and O–H groups in total. The highest BCUT2D eigenvalue weighted by Gasteiger charge is 2.00. The van der Waals surface area contributed by atoms with Gasteiger partial charge in [0.2, 0.25) is 0 Å². The first kappa shape index (κ1) is 8.58. The van der Waals surface area contributed by atoms with Gasteiger partial charge in [-0.25, -0.2) is 0 Å². The van der Waals surface area contributed by atoms with Gasteiger partial charge in [0.15, 0.2) is 0 Å². The highest BCUT2D eigenvalue weighted by atomic mass is 32.1. The fourth-order valence-corrected chi connectivity index (χ4v) is 1.30. The van der Waals surface area contributed by atoms with Crippen molar-refractivity contribution in [2.75, 3.05) is 13.2 Å². The van der Waals surface area contributed by atoms with Crippen LogP contribution in [0.5, 0.6) is 0 Å². The van der Waals surface area contributed by atoms with Crippen LogP contribution in [0.4, 0.5) is 0 Å². The maximum Gasteiger partial charge on any atom is 0.0769 e. The molecule has 0 aliphatic carbocycles. The normalized spacial score (nSPS) is 10.4. The van der Waals surface area contributed by atoms with Crippen LogP contribution < -0.4 is 5.32 Å². The molecule has 0 amide bonds. The van der Waals surface area contributed by atoms with Crippen molar-refractivity contribution in [2.24, 2.45) is 0 Å². The zero-order valence-corrected chi connectivity index (χ0v) is 7.19. The summed E-state index contributed by atoms with van der Waals surface area (Å²) in [6, 6.07) is 0. The van der Waals surface area contributed by atoms with Crippen LogP contribution in [0.25, 0.3) is 0 Å². The van der Waals surface area contributed by atoms with Crippen LogP contribution >= 0.6 is 11.5 Å².